The predicted octanol–water partition coefficient (Wildman–Crippen LogP) is 3.68. The second-order valence-corrected chi connectivity index (χ2v) is 5.54. The minimum absolute atomic E-state index is 0.144. The second-order valence-electron chi connectivity index (χ2n) is 4.63. The van der Waals surface area contributed by atoms with Crippen molar-refractivity contribution >= 4 is 15.9 Å². The third kappa shape index (κ3) is 3.05. The van der Waals surface area contributed by atoms with Gasteiger partial charge in [0.2, 0.25) is 0 Å². The molecule has 0 radical (unpaired) electrons. The van der Waals surface area contributed by atoms with Gasteiger partial charge < -0.3 is 5.11 Å². The predicted molar refractivity (Wildman–Crippen MR) is 65.8 cm³/mol. The molecule has 2 atom stereocenters. The largest absolute Gasteiger partial charge is 0.393 e. The van der Waals surface area contributed by atoms with Gasteiger partial charge in [-0.15, -0.1) is 0 Å². The Kier molecular flexibility index (Phi) is 3.98. The van der Waals surface area contributed by atoms with Crippen molar-refractivity contribution in [3.63, 3.8) is 0 Å². The summed E-state index contributed by atoms with van der Waals surface area (Å²) < 4.78 is 14.4. The Morgan fingerprint density at radius 2 is 2.19 bits per heavy atom. The van der Waals surface area contributed by atoms with E-state index in [1.165, 1.54) is 6.07 Å². The third-order valence-corrected chi connectivity index (χ3v) is 3.77. The van der Waals surface area contributed by atoms with E-state index in [1.54, 1.807) is 0 Å². The maximum absolute atomic E-state index is 13.6. The minimum Gasteiger partial charge on any atom is -0.393 e. The first-order valence-electron chi connectivity index (χ1n) is 5.77. The lowest BCUT2D eigenvalue weighted by Gasteiger charge is -2.25. The van der Waals surface area contributed by atoms with Crippen LogP contribution in [0.1, 0.15) is 31.2 Å². The molecular weight excluding hydrogens is 271 g/mol. The Morgan fingerprint density at radius 3 is 2.88 bits per heavy atom. The lowest BCUT2D eigenvalue weighted by molar-refractivity contribution is 0.101. The highest BCUT2D eigenvalue weighted by molar-refractivity contribution is 9.10. The van der Waals surface area contributed by atoms with Gasteiger partial charge in [-0.05, 0) is 49.3 Å². The van der Waals surface area contributed by atoms with Crippen LogP contribution in [0.3, 0.4) is 0 Å². The van der Waals surface area contributed by atoms with Crippen molar-refractivity contribution in [1.29, 1.82) is 0 Å². The van der Waals surface area contributed by atoms with Gasteiger partial charge in [0.25, 0.3) is 0 Å². The topological polar surface area (TPSA) is 20.2 Å². The molecule has 1 N–H and O–H groups in total. The Balaban J connectivity index is 2.02. The van der Waals surface area contributed by atoms with Crippen LogP contribution in [0.4, 0.5) is 4.39 Å². The quantitative estimate of drug-likeness (QED) is 0.879. The maximum atomic E-state index is 13.6. The van der Waals surface area contributed by atoms with Gasteiger partial charge in [-0.3, -0.25) is 0 Å². The van der Waals surface area contributed by atoms with Crippen molar-refractivity contribution in [1.82, 2.24) is 0 Å². The number of halogens is 2. The molecule has 3 heteroatoms. The highest BCUT2D eigenvalue weighted by Crippen LogP contribution is 2.28. The summed E-state index contributed by atoms with van der Waals surface area (Å²) in [6.45, 7) is 0. The SMILES string of the molecule is OC1CCCC(Cc2ccc(Br)cc2F)C1. The van der Waals surface area contributed by atoms with Crippen LogP contribution < -0.4 is 0 Å². The fraction of sp³-hybridized carbons (Fsp3) is 0.538. The number of aliphatic hydroxyl groups is 1. The zero-order valence-electron chi connectivity index (χ0n) is 9.13. The van der Waals surface area contributed by atoms with Gasteiger partial charge in [0.05, 0.1) is 6.10 Å². The van der Waals surface area contributed by atoms with Crippen LogP contribution in [0.2, 0.25) is 0 Å². The summed E-state index contributed by atoms with van der Waals surface area (Å²) in [4.78, 5) is 0. The summed E-state index contributed by atoms with van der Waals surface area (Å²) in [6, 6.07) is 5.21. The zero-order chi connectivity index (χ0) is 11.5. The van der Waals surface area contributed by atoms with E-state index in [0.717, 1.165) is 42.1 Å². The van der Waals surface area contributed by atoms with E-state index in [2.05, 4.69) is 15.9 Å². The second kappa shape index (κ2) is 5.28. The summed E-state index contributed by atoms with van der Waals surface area (Å²) in [6.07, 6.45) is 4.44. The maximum Gasteiger partial charge on any atom is 0.127 e. The fourth-order valence-electron chi connectivity index (χ4n) is 2.45. The first-order valence-corrected chi connectivity index (χ1v) is 6.56. The van der Waals surface area contributed by atoms with Crippen molar-refractivity contribution in [3.05, 3.63) is 34.1 Å². The average molecular weight is 287 g/mol. The summed E-state index contributed by atoms with van der Waals surface area (Å²) in [5.41, 5.74) is 0.766. The van der Waals surface area contributed by atoms with Crippen LogP contribution >= 0.6 is 15.9 Å². The van der Waals surface area contributed by atoms with Crippen molar-refractivity contribution < 1.29 is 9.50 Å². The Labute approximate surface area is 104 Å². The molecule has 0 bridgehead atoms. The smallest absolute Gasteiger partial charge is 0.127 e. The van der Waals surface area contributed by atoms with Crippen LogP contribution in [-0.4, -0.2) is 11.2 Å². The minimum atomic E-state index is -0.183. The standard InChI is InChI=1S/C13H16BrFO/c14-11-5-4-10(13(15)8-11)6-9-2-1-3-12(16)7-9/h4-5,8-9,12,16H,1-3,6-7H2. The number of aliphatic hydroxyl groups excluding tert-OH is 1. The first kappa shape index (κ1) is 12.1. The third-order valence-electron chi connectivity index (χ3n) is 3.28. The highest BCUT2D eigenvalue weighted by atomic mass is 79.9. The van der Waals surface area contributed by atoms with Crippen LogP contribution in [0.15, 0.2) is 22.7 Å². The molecule has 1 aliphatic carbocycles. The van der Waals surface area contributed by atoms with Crippen LogP contribution in [0.5, 0.6) is 0 Å². The average Bonchev–Trinajstić information content (AvgIpc) is 2.22. The molecule has 0 spiro atoms. The molecule has 1 nitrogen and oxygen atoms in total. The van der Waals surface area contributed by atoms with E-state index in [4.69, 9.17) is 0 Å². The first-order chi connectivity index (χ1) is 7.65. The molecule has 2 rings (SSSR count). The zero-order valence-corrected chi connectivity index (χ0v) is 10.7. The van der Waals surface area contributed by atoms with Crippen LogP contribution in [0.25, 0.3) is 0 Å². The van der Waals surface area contributed by atoms with Crippen LogP contribution in [0, 0.1) is 11.7 Å². The number of hydrogen-bond donors (Lipinski definition) is 1. The molecule has 0 aromatic heterocycles. The number of hydrogen-bond acceptors (Lipinski definition) is 1. The Hall–Kier alpha value is -0.410. The van der Waals surface area contributed by atoms with Gasteiger partial charge in [-0.2, -0.15) is 0 Å². The highest BCUT2D eigenvalue weighted by Gasteiger charge is 2.21. The van der Waals surface area contributed by atoms with Gasteiger partial charge in [0, 0.05) is 4.47 Å². The Morgan fingerprint density at radius 1 is 1.38 bits per heavy atom. The van der Waals surface area contributed by atoms with E-state index in [-0.39, 0.29) is 11.9 Å². The van der Waals surface area contributed by atoms with Gasteiger partial charge in [0.15, 0.2) is 0 Å². The summed E-state index contributed by atoms with van der Waals surface area (Å²) in [7, 11) is 0. The fourth-order valence-corrected chi connectivity index (χ4v) is 2.78. The molecule has 1 aromatic carbocycles. The van der Waals surface area contributed by atoms with Crippen molar-refractivity contribution in [2.45, 2.75) is 38.2 Å². The summed E-state index contributed by atoms with van der Waals surface area (Å²) in [5, 5.41) is 9.57. The van der Waals surface area contributed by atoms with E-state index in [0.29, 0.717) is 5.92 Å². The molecule has 0 amide bonds. The monoisotopic (exact) mass is 286 g/mol. The van der Waals surface area contributed by atoms with Gasteiger partial charge >= 0.3 is 0 Å². The molecule has 16 heavy (non-hydrogen) atoms. The molecule has 0 saturated heterocycles. The normalized spacial score (nSPS) is 25.7. The van der Waals surface area contributed by atoms with Crippen LogP contribution in [-0.2, 0) is 6.42 Å². The van der Waals surface area contributed by atoms with Crippen molar-refractivity contribution in [2.24, 2.45) is 5.92 Å². The van der Waals surface area contributed by atoms with Crippen molar-refractivity contribution in [3.8, 4) is 0 Å². The molecule has 1 aromatic rings. The van der Waals surface area contributed by atoms with E-state index < -0.39 is 0 Å². The van der Waals surface area contributed by atoms with E-state index in [9.17, 15) is 9.50 Å². The summed E-state index contributed by atoms with van der Waals surface area (Å²) in [5.74, 6) is 0.286. The molecular formula is C13H16BrFO. The Bertz CT molecular complexity index is 367. The molecule has 0 aliphatic heterocycles. The van der Waals surface area contributed by atoms with E-state index >= 15 is 0 Å². The molecule has 0 heterocycles. The lowest BCUT2D eigenvalue weighted by atomic mass is 9.83. The molecule has 1 aliphatic rings. The summed E-state index contributed by atoms with van der Waals surface area (Å²) >= 11 is 3.25. The van der Waals surface area contributed by atoms with E-state index in [1.807, 2.05) is 12.1 Å². The molecule has 2 unspecified atom stereocenters. The van der Waals surface area contributed by atoms with Gasteiger partial charge in [-0.1, -0.05) is 28.4 Å². The van der Waals surface area contributed by atoms with Crippen molar-refractivity contribution in [2.75, 3.05) is 0 Å². The lowest BCUT2D eigenvalue weighted by Crippen LogP contribution is -2.21. The van der Waals surface area contributed by atoms with Gasteiger partial charge in [0.1, 0.15) is 5.82 Å². The van der Waals surface area contributed by atoms with Gasteiger partial charge in [-0.25, -0.2) is 4.39 Å². The molecule has 88 valence electrons. The number of benzene rings is 1. The number of rotatable bonds is 2. The molecule has 1 saturated carbocycles. The molecule has 1 fully saturated rings.